The summed E-state index contributed by atoms with van der Waals surface area (Å²) in [6.07, 6.45) is 6.06. The molecule has 2 aliphatic carbocycles. The number of piperidine rings is 1. The minimum absolute atomic E-state index is 0.0183. The zero-order valence-electron chi connectivity index (χ0n) is 17.6. The molecule has 1 saturated heterocycles. The zero-order chi connectivity index (χ0) is 20.9. The summed E-state index contributed by atoms with van der Waals surface area (Å²) in [4.78, 5) is 12.9. The van der Waals surface area contributed by atoms with Crippen LogP contribution in [0.4, 0.5) is 0 Å². The number of amides is 1. The number of nitrogens with one attached hydrogen (secondary N) is 1. The molecule has 1 aliphatic heterocycles. The summed E-state index contributed by atoms with van der Waals surface area (Å²) in [5.74, 6) is 0.249. The van der Waals surface area contributed by atoms with E-state index in [0.29, 0.717) is 24.6 Å². The number of rotatable bonds is 4. The standard InChI is InChI=1S/C22H31N3O3S/c1-21(2)17-10-11-22(21,3)19(15-17)23-24-20(26)16-8-7-9-18(14-16)29(27,28)25-12-5-4-6-13-25/h7-9,14,17H,4-6,10-13,15H2,1-3H3,(H,24,26)/b23-19+/t17-,22-/m1/s1. The van der Waals surface area contributed by atoms with Crippen LogP contribution in [-0.2, 0) is 10.0 Å². The third-order valence-electron chi connectivity index (χ3n) is 7.85. The maximum Gasteiger partial charge on any atom is 0.271 e. The van der Waals surface area contributed by atoms with Gasteiger partial charge in [-0.1, -0.05) is 33.3 Å². The molecule has 1 aromatic carbocycles. The lowest BCUT2D eigenvalue weighted by molar-refractivity contribution is 0.0953. The molecular formula is C22H31N3O3S. The molecule has 1 amide bonds. The molecule has 1 N–H and O–H groups in total. The average Bonchev–Trinajstić information content (AvgIpc) is 3.06. The molecule has 0 aromatic heterocycles. The molecule has 2 saturated carbocycles. The van der Waals surface area contributed by atoms with Crippen molar-refractivity contribution in [2.24, 2.45) is 21.8 Å². The first-order valence-corrected chi connectivity index (χ1v) is 12.1. The molecule has 1 aromatic rings. The molecule has 0 unspecified atom stereocenters. The first-order valence-electron chi connectivity index (χ1n) is 10.6. The van der Waals surface area contributed by atoms with E-state index >= 15 is 0 Å². The lowest BCUT2D eigenvalue weighted by Crippen LogP contribution is -2.35. The van der Waals surface area contributed by atoms with E-state index in [0.717, 1.165) is 37.8 Å². The van der Waals surface area contributed by atoms with Crippen LogP contribution in [0.2, 0.25) is 0 Å². The second kappa shape index (κ2) is 7.20. The predicted molar refractivity (Wildman–Crippen MR) is 113 cm³/mol. The number of benzene rings is 1. The summed E-state index contributed by atoms with van der Waals surface area (Å²) in [5.41, 5.74) is 4.28. The highest BCUT2D eigenvalue weighted by Gasteiger charge is 2.60. The van der Waals surface area contributed by atoms with Crippen LogP contribution >= 0.6 is 0 Å². The number of sulfonamides is 1. The van der Waals surface area contributed by atoms with Crippen molar-refractivity contribution < 1.29 is 13.2 Å². The summed E-state index contributed by atoms with van der Waals surface area (Å²) in [7, 11) is -3.56. The Bertz CT molecular complexity index is 948. The van der Waals surface area contributed by atoms with Crippen LogP contribution in [0.15, 0.2) is 34.3 Å². The van der Waals surface area contributed by atoms with Gasteiger partial charge in [0.1, 0.15) is 0 Å². The fourth-order valence-electron chi connectivity index (χ4n) is 5.33. The number of carbonyl (C=O) groups is 1. The van der Waals surface area contributed by atoms with Gasteiger partial charge in [0.25, 0.3) is 5.91 Å². The van der Waals surface area contributed by atoms with Crippen molar-refractivity contribution in [3.05, 3.63) is 29.8 Å². The summed E-state index contributed by atoms with van der Waals surface area (Å²) < 4.78 is 27.3. The third kappa shape index (κ3) is 3.32. The third-order valence-corrected chi connectivity index (χ3v) is 9.75. The number of nitrogens with zero attached hydrogens (tertiary/aromatic N) is 2. The van der Waals surface area contributed by atoms with Crippen molar-refractivity contribution in [2.75, 3.05) is 13.1 Å². The van der Waals surface area contributed by atoms with Crippen molar-refractivity contribution in [2.45, 2.75) is 64.2 Å². The predicted octanol–water partition coefficient (Wildman–Crippen LogP) is 3.79. The van der Waals surface area contributed by atoms with Gasteiger partial charge in [-0.15, -0.1) is 0 Å². The van der Waals surface area contributed by atoms with Gasteiger partial charge in [-0.3, -0.25) is 4.79 Å². The molecule has 1 heterocycles. The van der Waals surface area contributed by atoms with E-state index in [1.807, 2.05) is 0 Å². The second-order valence-electron chi connectivity index (χ2n) is 9.49. The van der Waals surface area contributed by atoms with Crippen LogP contribution in [0.3, 0.4) is 0 Å². The Balaban J connectivity index is 1.51. The molecule has 158 valence electrons. The van der Waals surface area contributed by atoms with Crippen molar-refractivity contribution in [3.8, 4) is 0 Å². The largest absolute Gasteiger partial charge is 0.271 e. The monoisotopic (exact) mass is 417 g/mol. The second-order valence-corrected chi connectivity index (χ2v) is 11.4. The number of hydrogen-bond donors (Lipinski definition) is 1. The molecule has 0 spiro atoms. The molecule has 3 fully saturated rings. The molecule has 3 aliphatic rings. The topological polar surface area (TPSA) is 78.8 Å². The molecule has 29 heavy (non-hydrogen) atoms. The Morgan fingerprint density at radius 1 is 1.17 bits per heavy atom. The normalized spacial score (nSPS) is 30.6. The number of fused-ring (bicyclic) bond motifs is 2. The van der Waals surface area contributed by atoms with Crippen molar-refractivity contribution in [1.82, 2.24) is 9.73 Å². The quantitative estimate of drug-likeness (QED) is 0.757. The molecule has 0 radical (unpaired) electrons. The van der Waals surface area contributed by atoms with Crippen molar-refractivity contribution in [1.29, 1.82) is 0 Å². The highest BCUT2D eigenvalue weighted by molar-refractivity contribution is 7.89. The SMILES string of the molecule is CC1(C)[C@@H]2CC[C@]1(C)/C(=N/NC(=O)c1cccc(S(=O)(=O)N3CCCCC3)c1)C2. The van der Waals surface area contributed by atoms with Gasteiger partial charge in [0.05, 0.1) is 4.90 Å². The Hall–Kier alpha value is -1.73. The van der Waals surface area contributed by atoms with Crippen LogP contribution in [0.25, 0.3) is 0 Å². The summed E-state index contributed by atoms with van der Waals surface area (Å²) in [5, 5.41) is 4.49. The Labute approximate surface area is 173 Å². The van der Waals surface area contributed by atoms with Crippen LogP contribution in [0.5, 0.6) is 0 Å². The van der Waals surface area contributed by atoms with Crippen LogP contribution < -0.4 is 5.43 Å². The first-order chi connectivity index (χ1) is 13.7. The number of hydrogen-bond acceptors (Lipinski definition) is 4. The molecule has 2 atom stereocenters. The van der Waals surface area contributed by atoms with Crippen molar-refractivity contribution in [3.63, 3.8) is 0 Å². The van der Waals surface area contributed by atoms with E-state index in [1.54, 1.807) is 18.2 Å². The summed E-state index contributed by atoms with van der Waals surface area (Å²) in [6, 6.07) is 6.29. The van der Waals surface area contributed by atoms with Gasteiger partial charge in [0, 0.05) is 29.8 Å². The lowest BCUT2D eigenvalue weighted by atomic mass is 9.70. The highest BCUT2D eigenvalue weighted by Crippen LogP contribution is 2.63. The minimum atomic E-state index is -3.56. The fourth-order valence-corrected chi connectivity index (χ4v) is 6.90. The van der Waals surface area contributed by atoms with E-state index in [2.05, 4.69) is 31.3 Å². The van der Waals surface area contributed by atoms with E-state index < -0.39 is 10.0 Å². The average molecular weight is 418 g/mol. The number of hydrazone groups is 1. The van der Waals surface area contributed by atoms with Gasteiger partial charge in [-0.05, 0) is 61.6 Å². The van der Waals surface area contributed by atoms with E-state index in [-0.39, 0.29) is 21.6 Å². The Morgan fingerprint density at radius 3 is 2.52 bits per heavy atom. The molecule has 6 nitrogen and oxygen atoms in total. The van der Waals surface area contributed by atoms with E-state index in [4.69, 9.17) is 0 Å². The molecule has 2 bridgehead atoms. The first kappa shape index (κ1) is 20.5. The number of carbonyl (C=O) groups excluding carboxylic acids is 1. The van der Waals surface area contributed by atoms with Gasteiger partial charge in [0.15, 0.2) is 0 Å². The molecular weight excluding hydrogens is 386 g/mol. The minimum Gasteiger partial charge on any atom is -0.267 e. The Morgan fingerprint density at radius 2 is 1.90 bits per heavy atom. The van der Waals surface area contributed by atoms with Gasteiger partial charge >= 0.3 is 0 Å². The molecule has 7 heteroatoms. The van der Waals surface area contributed by atoms with Gasteiger partial charge < -0.3 is 0 Å². The van der Waals surface area contributed by atoms with Crippen LogP contribution in [0, 0.1) is 16.7 Å². The highest BCUT2D eigenvalue weighted by atomic mass is 32.2. The van der Waals surface area contributed by atoms with Crippen molar-refractivity contribution >= 4 is 21.6 Å². The lowest BCUT2D eigenvalue weighted by Gasteiger charge is -2.34. The Kier molecular flexibility index (Phi) is 5.10. The maximum absolute atomic E-state index is 12.9. The van der Waals surface area contributed by atoms with E-state index in [9.17, 15) is 13.2 Å². The fraction of sp³-hybridized carbons (Fsp3) is 0.636. The maximum atomic E-state index is 12.9. The van der Waals surface area contributed by atoms with Gasteiger partial charge in [0.2, 0.25) is 10.0 Å². The summed E-state index contributed by atoms with van der Waals surface area (Å²) >= 11 is 0. The summed E-state index contributed by atoms with van der Waals surface area (Å²) in [6.45, 7) is 7.93. The van der Waals surface area contributed by atoms with Crippen LogP contribution in [-0.4, -0.2) is 37.4 Å². The zero-order valence-corrected chi connectivity index (χ0v) is 18.4. The van der Waals surface area contributed by atoms with E-state index in [1.165, 1.54) is 16.8 Å². The van der Waals surface area contributed by atoms with Gasteiger partial charge in [-0.25, -0.2) is 13.8 Å². The molecule has 4 rings (SSSR count). The van der Waals surface area contributed by atoms with Gasteiger partial charge in [-0.2, -0.15) is 9.41 Å². The van der Waals surface area contributed by atoms with Crippen LogP contribution in [0.1, 0.15) is 69.7 Å². The smallest absolute Gasteiger partial charge is 0.267 e.